The number of aromatic nitrogens is 2. The van der Waals surface area contributed by atoms with Crippen molar-refractivity contribution in [2.75, 3.05) is 18.6 Å². The Bertz CT molecular complexity index is 703. The van der Waals surface area contributed by atoms with E-state index in [-0.39, 0.29) is 11.4 Å². The molecule has 0 saturated carbocycles. The summed E-state index contributed by atoms with van der Waals surface area (Å²) < 4.78 is 6.83. The van der Waals surface area contributed by atoms with Crippen molar-refractivity contribution in [2.24, 2.45) is 14.1 Å². The summed E-state index contributed by atoms with van der Waals surface area (Å²) >= 11 is 0. The van der Waals surface area contributed by atoms with Crippen LogP contribution in [0.2, 0.25) is 0 Å². The van der Waals surface area contributed by atoms with E-state index in [4.69, 9.17) is 4.74 Å². The van der Waals surface area contributed by atoms with E-state index in [1.807, 2.05) is 0 Å². The van der Waals surface area contributed by atoms with Gasteiger partial charge in [-0.15, -0.1) is 0 Å². The molecule has 1 aromatic rings. The smallest absolute Gasteiger partial charge is 0.332 e. The number of rotatable bonds is 3. The van der Waals surface area contributed by atoms with Crippen molar-refractivity contribution in [3.05, 3.63) is 26.4 Å². The number of anilines is 1. The Morgan fingerprint density at radius 2 is 1.95 bits per heavy atom. The van der Waals surface area contributed by atoms with Gasteiger partial charge in [-0.3, -0.25) is 18.7 Å². The molecule has 0 aliphatic carbocycles. The predicted octanol–water partition coefficient (Wildman–Crippen LogP) is -0.962. The fourth-order valence-electron chi connectivity index (χ4n) is 2.71. The lowest BCUT2D eigenvalue weighted by Crippen LogP contribution is -2.46. The third-order valence-corrected chi connectivity index (χ3v) is 3.78. The second-order valence-electron chi connectivity index (χ2n) is 4.94. The molecule has 0 aromatic carbocycles. The largest absolute Gasteiger partial charge is 0.467 e. The molecule has 1 aliphatic rings. The molecule has 1 aromatic heterocycles. The highest BCUT2D eigenvalue weighted by molar-refractivity contribution is 5.86. The average Bonchev–Trinajstić information content (AvgIpc) is 2.96. The number of esters is 1. The molecule has 1 saturated heterocycles. The zero-order valence-electron chi connectivity index (χ0n) is 12.2. The number of methoxy groups -OCH3 is 1. The third-order valence-electron chi connectivity index (χ3n) is 3.78. The normalized spacial score (nSPS) is 17.9. The quantitative estimate of drug-likeness (QED) is 0.527. The standard InChI is InChI=1S/C13H17N3O5/c1-14-10(8(7-17)11(18)15(2)13(14)20)16-6-4-5-9(16)12(19)21-3/h7,9H,4-6H2,1-3H3. The third kappa shape index (κ3) is 2.26. The number of carbonyl (C=O) groups excluding carboxylic acids is 2. The van der Waals surface area contributed by atoms with Crippen molar-refractivity contribution in [3.63, 3.8) is 0 Å². The molecule has 8 heteroatoms. The summed E-state index contributed by atoms with van der Waals surface area (Å²) in [5.74, 6) is -0.275. The van der Waals surface area contributed by atoms with E-state index in [0.717, 1.165) is 4.57 Å². The molecule has 0 N–H and O–H groups in total. The van der Waals surface area contributed by atoms with Crippen molar-refractivity contribution >= 4 is 18.1 Å². The second kappa shape index (κ2) is 5.55. The van der Waals surface area contributed by atoms with Gasteiger partial charge in [0.05, 0.1) is 7.11 Å². The number of nitrogens with zero attached hydrogens (tertiary/aromatic N) is 3. The first-order valence-corrected chi connectivity index (χ1v) is 6.53. The van der Waals surface area contributed by atoms with Crippen LogP contribution in [-0.4, -0.2) is 41.1 Å². The molecule has 2 heterocycles. The highest BCUT2D eigenvalue weighted by Gasteiger charge is 2.35. The van der Waals surface area contributed by atoms with Crippen LogP contribution in [0.3, 0.4) is 0 Å². The molecule has 21 heavy (non-hydrogen) atoms. The van der Waals surface area contributed by atoms with Gasteiger partial charge in [-0.25, -0.2) is 9.59 Å². The maximum Gasteiger partial charge on any atom is 0.332 e. The van der Waals surface area contributed by atoms with E-state index < -0.39 is 23.3 Å². The summed E-state index contributed by atoms with van der Waals surface area (Å²) in [5, 5.41) is 0. The summed E-state index contributed by atoms with van der Waals surface area (Å²) in [6.07, 6.45) is 1.68. The highest BCUT2D eigenvalue weighted by Crippen LogP contribution is 2.26. The van der Waals surface area contributed by atoms with Crippen molar-refractivity contribution < 1.29 is 14.3 Å². The summed E-state index contributed by atoms with van der Waals surface area (Å²) in [4.78, 5) is 48.8. The van der Waals surface area contributed by atoms with Crippen LogP contribution in [0.1, 0.15) is 23.2 Å². The molecule has 1 aliphatic heterocycles. The molecule has 0 radical (unpaired) electrons. The number of aldehydes is 1. The first kappa shape index (κ1) is 15.0. The molecule has 2 rings (SSSR count). The number of hydrogen-bond acceptors (Lipinski definition) is 6. The van der Waals surface area contributed by atoms with Crippen LogP contribution in [0.4, 0.5) is 5.82 Å². The Kier molecular flexibility index (Phi) is 3.97. The molecule has 0 spiro atoms. The highest BCUT2D eigenvalue weighted by atomic mass is 16.5. The molecular weight excluding hydrogens is 278 g/mol. The van der Waals surface area contributed by atoms with E-state index in [1.54, 1.807) is 4.90 Å². The first-order valence-electron chi connectivity index (χ1n) is 6.53. The van der Waals surface area contributed by atoms with Crippen molar-refractivity contribution in [2.45, 2.75) is 18.9 Å². The SMILES string of the molecule is COC(=O)C1CCCN1c1c(C=O)c(=O)n(C)c(=O)n1C. The Morgan fingerprint density at radius 3 is 2.52 bits per heavy atom. The minimum atomic E-state index is -0.668. The van der Waals surface area contributed by atoms with Gasteiger partial charge in [-0.05, 0) is 12.8 Å². The van der Waals surface area contributed by atoms with E-state index in [9.17, 15) is 19.2 Å². The lowest BCUT2D eigenvalue weighted by molar-refractivity contribution is -0.141. The fourth-order valence-corrected chi connectivity index (χ4v) is 2.71. The van der Waals surface area contributed by atoms with E-state index in [1.165, 1.54) is 25.8 Å². The summed E-state index contributed by atoms with van der Waals surface area (Å²) in [5.41, 5.74) is -1.34. The van der Waals surface area contributed by atoms with Crippen LogP contribution in [0, 0.1) is 0 Å². The van der Waals surface area contributed by atoms with Gasteiger partial charge in [0, 0.05) is 20.6 Å². The van der Waals surface area contributed by atoms with E-state index >= 15 is 0 Å². The molecule has 0 amide bonds. The number of carbonyl (C=O) groups is 2. The monoisotopic (exact) mass is 295 g/mol. The summed E-state index contributed by atoms with van der Waals surface area (Å²) in [6.45, 7) is 0.473. The molecule has 0 bridgehead atoms. The molecule has 114 valence electrons. The minimum absolute atomic E-state index is 0.129. The van der Waals surface area contributed by atoms with Gasteiger partial charge in [0.2, 0.25) is 0 Å². The van der Waals surface area contributed by atoms with Gasteiger partial charge in [0.1, 0.15) is 17.4 Å². The van der Waals surface area contributed by atoms with E-state index in [2.05, 4.69) is 0 Å². The van der Waals surface area contributed by atoms with Crippen LogP contribution in [0.5, 0.6) is 0 Å². The maximum absolute atomic E-state index is 12.1. The molecule has 1 atom stereocenters. The molecular formula is C13H17N3O5. The maximum atomic E-state index is 12.1. The van der Waals surface area contributed by atoms with Crippen LogP contribution >= 0.6 is 0 Å². The zero-order valence-corrected chi connectivity index (χ0v) is 12.2. The lowest BCUT2D eigenvalue weighted by atomic mass is 10.2. The fraction of sp³-hybridized carbons (Fsp3) is 0.538. The van der Waals surface area contributed by atoms with Crippen molar-refractivity contribution in [1.29, 1.82) is 0 Å². The predicted molar refractivity (Wildman–Crippen MR) is 74.7 cm³/mol. The Morgan fingerprint density at radius 1 is 1.29 bits per heavy atom. The first-order chi connectivity index (χ1) is 9.93. The number of hydrogen-bond donors (Lipinski definition) is 0. The van der Waals surface area contributed by atoms with Gasteiger partial charge >= 0.3 is 11.7 Å². The second-order valence-corrected chi connectivity index (χ2v) is 4.94. The van der Waals surface area contributed by atoms with Crippen molar-refractivity contribution in [3.8, 4) is 0 Å². The van der Waals surface area contributed by atoms with Gasteiger partial charge in [0.15, 0.2) is 6.29 Å². The summed E-state index contributed by atoms with van der Waals surface area (Å²) in [6, 6.07) is -0.591. The topological polar surface area (TPSA) is 90.6 Å². The molecule has 8 nitrogen and oxygen atoms in total. The van der Waals surface area contributed by atoms with Crippen LogP contribution in [0.25, 0.3) is 0 Å². The van der Waals surface area contributed by atoms with Gasteiger partial charge in [0.25, 0.3) is 5.56 Å². The van der Waals surface area contributed by atoms with Gasteiger partial charge in [-0.2, -0.15) is 0 Å². The zero-order chi connectivity index (χ0) is 15.7. The Hall–Kier alpha value is -2.38. The summed E-state index contributed by atoms with van der Waals surface area (Å²) in [7, 11) is 4.06. The van der Waals surface area contributed by atoms with Crippen LogP contribution < -0.4 is 16.1 Å². The van der Waals surface area contributed by atoms with Crippen molar-refractivity contribution in [1.82, 2.24) is 9.13 Å². The van der Waals surface area contributed by atoms with E-state index in [0.29, 0.717) is 25.7 Å². The molecule has 1 unspecified atom stereocenters. The van der Waals surface area contributed by atoms with Crippen LogP contribution in [-0.2, 0) is 23.6 Å². The minimum Gasteiger partial charge on any atom is -0.467 e. The van der Waals surface area contributed by atoms with Gasteiger partial charge in [-0.1, -0.05) is 0 Å². The van der Waals surface area contributed by atoms with Crippen LogP contribution in [0.15, 0.2) is 9.59 Å². The number of ether oxygens (including phenoxy) is 1. The lowest BCUT2D eigenvalue weighted by Gasteiger charge is -2.27. The average molecular weight is 295 g/mol. The Labute approximate surface area is 120 Å². The Balaban J connectivity index is 2.69. The van der Waals surface area contributed by atoms with Gasteiger partial charge < -0.3 is 9.64 Å². The molecule has 1 fully saturated rings.